The number of non-ortho nitro benzene ring substituents is 1. The molecule has 1 aromatic heterocycles. The van der Waals surface area contributed by atoms with E-state index in [0.717, 1.165) is 49.6 Å². The molecule has 2 aromatic carbocycles. The van der Waals surface area contributed by atoms with Gasteiger partial charge in [0.05, 0.1) is 18.1 Å². The highest BCUT2D eigenvalue weighted by atomic mass is 16.6. The van der Waals surface area contributed by atoms with Gasteiger partial charge in [-0.15, -0.1) is 0 Å². The predicted molar refractivity (Wildman–Crippen MR) is 113 cm³/mol. The van der Waals surface area contributed by atoms with Crippen molar-refractivity contribution < 1.29 is 9.66 Å². The third-order valence-corrected chi connectivity index (χ3v) is 5.13. The van der Waals surface area contributed by atoms with Gasteiger partial charge >= 0.3 is 0 Å². The highest BCUT2D eigenvalue weighted by Crippen LogP contribution is 2.30. The van der Waals surface area contributed by atoms with Crippen molar-refractivity contribution in [2.75, 3.05) is 31.6 Å². The van der Waals surface area contributed by atoms with Crippen molar-refractivity contribution in [3.63, 3.8) is 0 Å². The lowest BCUT2D eigenvalue weighted by Gasteiger charge is -2.26. The molecule has 0 aliphatic carbocycles. The van der Waals surface area contributed by atoms with Crippen molar-refractivity contribution in [1.82, 2.24) is 9.88 Å². The molecule has 1 saturated heterocycles. The van der Waals surface area contributed by atoms with Gasteiger partial charge in [-0.2, -0.15) is 0 Å². The maximum atomic E-state index is 11.4. The molecule has 0 spiro atoms. The smallest absolute Gasteiger partial charge is 0.295 e. The number of hydrogen-bond donors (Lipinski definition) is 1. The van der Waals surface area contributed by atoms with Crippen LogP contribution in [0, 0.1) is 17.0 Å². The Labute approximate surface area is 169 Å². The number of ether oxygens (including phenoxy) is 1. The molecule has 0 bridgehead atoms. The standard InChI is InChI=1S/C22H24N4O3/c1-16-12-20(19-6-3-7-21(26(27)28)22(19)24-16)23-14-17-4-2-5-18(13-17)15-25-8-10-29-11-9-25/h2-7,12-13H,8-11,14-15H2,1H3,(H,23,24). The Morgan fingerprint density at radius 1 is 1.14 bits per heavy atom. The monoisotopic (exact) mass is 392 g/mol. The van der Waals surface area contributed by atoms with Gasteiger partial charge in [0, 0.05) is 49.0 Å². The summed E-state index contributed by atoms with van der Waals surface area (Å²) in [6.07, 6.45) is 0. The van der Waals surface area contributed by atoms with Crippen molar-refractivity contribution in [3.8, 4) is 0 Å². The van der Waals surface area contributed by atoms with Gasteiger partial charge in [-0.3, -0.25) is 15.0 Å². The van der Waals surface area contributed by atoms with Crippen LogP contribution in [-0.4, -0.2) is 41.1 Å². The van der Waals surface area contributed by atoms with Crippen LogP contribution in [0.4, 0.5) is 11.4 Å². The van der Waals surface area contributed by atoms with Gasteiger partial charge in [-0.05, 0) is 24.1 Å². The van der Waals surface area contributed by atoms with E-state index in [1.165, 1.54) is 17.2 Å². The van der Waals surface area contributed by atoms with Crippen molar-refractivity contribution in [2.45, 2.75) is 20.0 Å². The zero-order valence-corrected chi connectivity index (χ0v) is 16.4. The van der Waals surface area contributed by atoms with Crippen molar-refractivity contribution in [1.29, 1.82) is 0 Å². The number of anilines is 1. The van der Waals surface area contributed by atoms with Crippen LogP contribution in [0.5, 0.6) is 0 Å². The maximum absolute atomic E-state index is 11.4. The average Bonchev–Trinajstić information content (AvgIpc) is 2.72. The SMILES string of the molecule is Cc1cc(NCc2cccc(CN3CCOCC3)c2)c2cccc([N+](=O)[O-])c2n1. The van der Waals surface area contributed by atoms with E-state index in [9.17, 15) is 10.1 Å². The molecule has 7 nitrogen and oxygen atoms in total. The van der Waals surface area contributed by atoms with Crippen LogP contribution in [0.1, 0.15) is 16.8 Å². The molecule has 1 aliphatic rings. The van der Waals surface area contributed by atoms with Crippen molar-refractivity contribution in [3.05, 3.63) is 75.5 Å². The third-order valence-electron chi connectivity index (χ3n) is 5.13. The number of fused-ring (bicyclic) bond motifs is 1. The zero-order chi connectivity index (χ0) is 20.2. The number of nitrogens with one attached hydrogen (secondary N) is 1. The summed E-state index contributed by atoms with van der Waals surface area (Å²) in [6.45, 7) is 6.92. The van der Waals surface area contributed by atoms with E-state index in [1.807, 2.05) is 19.1 Å². The topological polar surface area (TPSA) is 80.5 Å². The molecule has 0 saturated carbocycles. The van der Waals surface area contributed by atoms with E-state index in [4.69, 9.17) is 4.74 Å². The molecular formula is C22H24N4O3. The first-order valence-corrected chi connectivity index (χ1v) is 9.77. The van der Waals surface area contributed by atoms with Crippen molar-refractivity contribution in [2.24, 2.45) is 0 Å². The van der Waals surface area contributed by atoms with Crippen LogP contribution >= 0.6 is 0 Å². The molecule has 0 radical (unpaired) electrons. The number of aryl methyl sites for hydroxylation is 1. The Kier molecular flexibility index (Phi) is 5.69. The number of nitro groups is 1. The lowest BCUT2D eigenvalue weighted by atomic mass is 10.1. The van der Waals surface area contributed by atoms with Gasteiger partial charge in [0.1, 0.15) is 0 Å². The van der Waals surface area contributed by atoms with Crippen LogP contribution < -0.4 is 5.32 Å². The second-order valence-corrected chi connectivity index (χ2v) is 7.30. The Morgan fingerprint density at radius 2 is 1.90 bits per heavy atom. The molecule has 1 N–H and O–H groups in total. The zero-order valence-electron chi connectivity index (χ0n) is 16.4. The van der Waals surface area contributed by atoms with Gasteiger partial charge in [-0.25, -0.2) is 4.98 Å². The van der Waals surface area contributed by atoms with E-state index in [2.05, 4.69) is 39.5 Å². The highest BCUT2D eigenvalue weighted by Gasteiger charge is 2.16. The quantitative estimate of drug-likeness (QED) is 0.506. The molecule has 1 aliphatic heterocycles. The van der Waals surface area contributed by atoms with Gasteiger partial charge in [0.25, 0.3) is 5.69 Å². The van der Waals surface area contributed by atoms with Crippen LogP contribution in [-0.2, 0) is 17.8 Å². The third kappa shape index (κ3) is 4.52. The summed E-state index contributed by atoms with van der Waals surface area (Å²) in [6, 6.07) is 15.5. The summed E-state index contributed by atoms with van der Waals surface area (Å²) in [5.74, 6) is 0. The number of aromatic nitrogens is 1. The van der Waals surface area contributed by atoms with Gasteiger partial charge in [0.2, 0.25) is 0 Å². The summed E-state index contributed by atoms with van der Waals surface area (Å²) in [4.78, 5) is 17.8. The highest BCUT2D eigenvalue weighted by molar-refractivity contribution is 5.96. The number of rotatable bonds is 6. The Hall–Kier alpha value is -3.03. The van der Waals surface area contributed by atoms with Crippen LogP contribution in [0.25, 0.3) is 10.9 Å². The van der Waals surface area contributed by atoms with Crippen LogP contribution in [0.3, 0.4) is 0 Å². The molecule has 7 heteroatoms. The Bertz CT molecular complexity index is 1030. The summed E-state index contributed by atoms with van der Waals surface area (Å²) in [5.41, 5.74) is 4.49. The maximum Gasteiger partial charge on any atom is 0.295 e. The molecule has 0 unspecified atom stereocenters. The number of nitro benzene ring substituents is 1. The van der Waals surface area contributed by atoms with E-state index in [0.29, 0.717) is 12.1 Å². The van der Waals surface area contributed by atoms with E-state index >= 15 is 0 Å². The fourth-order valence-corrected chi connectivity index (χ4v) is 3.71. The number of morpholine rings is 1. The normalized spacial score (nSPS) is 14.8. The minimum absolute atomic E-state index is 0.0294. The molecule has 1 fully saturated rings. The molecule has 2 heterocycles. The van der Waals surface area contributed by atoms with Crippen LogP contribution in [0.15, 0.2) is 48.5 Å². The summed E-state index contributed by atoms with van der Waals surface area (Å²) in [7, 11) is 0. The number of nitrogens with zero attached hydrogens (tertiary/aromatic N) is 3. The number of pyridine rings is 1. The first-order chi connectivity index (χ1) is 14.1. The second kappa shape index (κ2) is 8.55. The fraction of sp³-hybridized carbons (Fsp3) is 0.318. The minimum Gasteiger partial charge on any atom is -0.380 e. The molecule has 0 atom stereocenters. The van der Waals surface area contributed by atoms with Gasteiger partial charge < -0.3 is 10.1 Å². The average molecular weight is 392 g/mol. The minimum atomic E-state index is -0.381. The lowest BCUT2D eigenvalue weighted by molar-refractivity contribution is -0.383. The number of benzene rings is 2. The fourth-order valence-electron chi connectivity index (χ4n) is 3.71. The van der Waals surface area contributed by atoms with E-state index in [1.54, 1.807) is 6.07 Å². The molecule has 3 aromatic rings. The summed E-state index contributed by atoms with van der Waals surface area (Å²) >= 11 is 0. The van der Waals surface area contributed by atoms with Crippen molar-refractivity contribution >= 4 is 22.3 Å². The van der Waals surface area contributed by atoms with E-state index < -0.39 is 0 Å². The molecule has 150 valence electrons. The van der Waals surface area contributed by atoms with E-state index in [-0.39, 0.29) is 10.6 Å². The molecule has 29 heavy (non-hydrogen) atoms. The predicted octanol–water partition coefficient (Wildman–Crippen LogP) is 3.90. The Balaban J connectivity index is 1.53. The van der Waals surface area contributed by atoms with Gasteiger partial charge in [-0.1, -0.05) is 36.4 Å². The largest absolute Gasteiger partial charge is 0.380 e. The first kappa shape index (κ1) is 19.3. The summed E-state index contributed by atoms with van der Waals surface area (Å²) in [5, 5.41) is 15.6. The summed E-state index contributed by atoms with van der Waals surface area (Å²) < 4.78 is 5.42. The van der Waals surface area contributed by atoms with Crippen LogP contribution in [0.2, 0.25) is 0 Å². The molecule has 0 amide bonds. The lowest BCUT2D eigenvalue weighted by Crippen LogP contribution is -2.35. The molecular weight excluding hydrogens is 368 g/mol. The van der Waals surface area contributed by atoms with Gasteiger partial charge in [0.15, 0.2) is 5.52 Å². The first-order valence-electron chi connectivity index (χ1n) is 9.77. The molecule has 4 rings (SSSR count). The number of para-hydroxylation sites is 1. The Morgan fingerprint density at radius 3 is 2.69 bits per heavy atom. The second-order valence-electron chi connectivity index (χ2n) is 7.30. The number of hydrogen-bond acceptors (Lipinski definition) is 6.